The van der Waals surface area contributed by atoms with Gasteiger partial charge in [0.05, 0.1) is 10.6 Å². The van der Waals surface area contributed by atoms with Gasteiger partial charge in [-0.3, -0.25) is 14.6 Å². The van der Waals surface area contributed by atoms with E-state index in [9.17, 15) is 14.0 Å². The monoisotopic (exact) mass is 391 g/mol. The minimum Gasteiger partial charge on any atom is -0.484 e. The molecule has 0 aliphatic carbocycles. The Bertz CT molecular complexity index is 858. The van der Waals surface area contributed by atoms with Crippen LogP contribution in [0.25, 0.3) is 0 Å². The average molecular weight is 392 g/mol. The van der Waals surface area contributed by atoms with Crippen molar-refractivity contribution in [2.24, 2.45) is 0 Å². The molecule has 0 saturated heterocycles. The SMILES string of the molecule is C=C(CCNC(=O)COc1ccc(Cl)c(F)c1)NC(=O)c1cncc(C)c1. The van der Waals surface area contributed by atoms with Crippen LogP contribution in [0.4, 0.5) is 4.39 Å². The zero-order valence-electron chi connectivity index (χ0n) is 14.7. The van der Waals surface area contributed by atoms with Gasteiger partial charge in [0.2, 0.25) is 0 Å². The molecule has 1 heterocycles. The summed E-state index contributed by atoms with van der Waals surface area (Å²) < 4.78 is 18.5. The highest BCUT2D eigenvalue weighted by Gasteiger charge is 2.09. The summed E-state index contributed by atoms with van der Waals surface area (Å²) in [6, 6.07) is 5.64. The van der Waals surface area contributed by atoms with Gasteiger partial charge < -0.3 is 15.4 Å². The normalized spacial score (nSPS) is 10.2. The first kappa shape index (κ1) is 20.4. The summed E-state index contributed by atoms with van der Waals surface area (Å²) >= 11 is 5.57. The predicted molar refractivity (Wildman–Crippen MR) is 100 cm³/mol. The summed E-state index contributed by atoms with van der Waals surface area (Å²) in [5.41, 5.74) is 1.77. The fourth-order valence-electron chi connectivity index (χ4n) is 2.09. The molecule has 6 nitrogen and oxygen atoms in total. The van der Waals surface area contributed by atoms with Crippen LogP contribution in [0, 0.1) is 12.7 Å². The molecule has 2 N–H and O–H groups in total. The fourth-order valence-corrected chi connectivity index (χ4v) is 2.21. The van der Waals surface area contributed by atoms with Gasteiger partial charge >= 0.3 is 0 Å². The molecule has 27 heavy (non-hydrogen) atoms. The second kappa shape index (κ2) is 9.68. The van der Waals surface area contributed by atoms with E-state index >= 15 is 0 Å². The highest BCUT2D eigenvalue weighted by molar-refractivity contribution is 6.30. The highest BCUT2D eigenvalue weighted by atomic mass is 35.5. The van der Waals surface area contributed by atoms with Gasteiger partial charge in [-0.05, 0) is 30.7 Å². The Kier molecular flexibility index (Phi) is 7.31. The van der Waals surface area contributed by atoms with Crippen LogP contribution in [0.5, 0.6) is 5.75 Å². The van der Waals surface area contributed by atoms with Crippen molar-refractivity contribution in [3.8, 4) is 5.75 Å². The number of aryl methyl sites for hydroxylation is 1. The van der Waals surface area contributed by atoms with Crippen molar-refractivity contribution in [2.75, 3.05) is 13.2 Å². The van der Waals surface area contributed by atoms with E-state index in [2.05, 4.69) is 22.2 Å². The minimum atomic E-state index is -0.620. The van der Waals surface area contributed by atoms with E-state index in [0.717, 1.165) is 11.6 Å². The molecule has 8 heteroatoms. The van der Waals surface area contributed by atoms with Gasteiger partial charge in [-0.15, -0.1) is 0 Å². The summed E-state index contributed by atoms with van der Waals surface area (Å²) in [4.78, 5) is 27.8. The second-order valence-corrected chi connectivity index (χ2v) is 6.18. The third-order valence-corrected chi connectivity index (χ3v) is 3.74. The van der Waals surface area contributed by atoms with Crippen molar-refractivity contribution in [3.63, 3.8) is 0 Å². The molecule has 0 unspecified atom stereocenters. The third-order valence-electron chi connectivity index (χ3n) is 3.44. The van der Waals surface area contributed by atoms with Crippen LogP contribution >= 0.6 is 11.6 Å². The molecule has 0 spiro atoms. The largest absolute Gasteiger partial charge is 0.484 e. The number of carbonyl (C=O) groups excluding carboxylic acids is 2. The summed E-state index contributed by atoms with van der Waals surface area (Å²) in [6.07, 6.45) is 3.47. The Balaban J connectivity index is 1.68. The molecule has 0 bridgehead atoms. The maximum absolute atomic E-state index is 13.3. The van der Waals surface area contributed by atoms with Gasteiger partial charge in [0.1, 0.15) is 11.6 Å². The summed E-state index contributed by atoms with van der Waals surface area (Å²) in [5.74, 6) is -1.11. The first-order chi connectivity index (χ1) is 12.8. The van der Waals surface area contributed by atoms with Crippen LogP contribution in [0.15, 0.2) is 48.9 Å². The van der Waals surface area contributed by atoms with Crippen molar-refractivity contribution in [2.45, 2.75) is 13.3 Å². The lowest BCUT2D eigenvalue weighted by Gasteiger charge is -2.10. The molecule has 1 aromatic heterocycles. The fraction of sp³-hybridized carbons (Fsp3) is 0.211. The number of pyridine rings is 1. The number of aromatic nitrogens is 1. The van der Waals surface area contributed by atoms with Crippen molar-refractivity contribution in [1.29, 1.82) is 0 Å². The van der Waals surface area contributed by atoms with Crippen LogP contribution in [0.3, 0.4) is 0 Å². The van der Waals surface area contributed by atoms with Crippen LogP contribution in [-0.2, 0) is 4.79 Å². The van der Waals surface area contributed by atoms with Crippen molar-refractivity contribution in [3.05, 3.63) is 70.9 Å². The van der Waals surface area contributed by atoms with Crippen molar-refractivity contribution < 1.29 is 18.7 Å². The Hall–Kier alpha value is -2.93. The number of hydrogen-bond acceptors (Lipinski definition) is 4. The first-order valence-corrected chi connectivity index (χ1v) is 8.48. The zero-order chi connectivity index (χ0) is 19.8. The summed E-state index contributed by atoms with van der Waals surface area (Å²) in [7, 11) is 0. The van der Waals surface area contributed by atoms with E-state index in [4.69, 9.17) is 16.3 Å². The van der Waals surface area contributed by atoms with Crippen molar-refractivity contribution >= 4 is 23.4 Å². The zero-order valence-corrected chi connectivity index (χ0v) is 15.5. The number of nitrogens with one attached hydrogen (secondary N) is 2. The summed E-state index contributed by atoms with van der Waals surface area (Å²) in [6.45, 7) is 5.60. The quantitative estimate of drug-likeness (QED) is 0.724. The number of amides is 2. The Labute approximate surface area is 161 Å². The van der Waals surface area contributed by atoms with Crippen LogP contribution in [0.2, 0.25) is 5.02 Å². The van der Waals surface area contributed by atoms with E-state index in [0.29, 0.717) is 17.7 Å². The second-order valence-electron chi connectivity index (χ2n) is 5.77. The lowest BCUT2D eigenvalue weighted by molar-refractivity contribution is -0.123. The molecule has 0 aliphatic heterocycles. The Morgan fingerprint density at radius 1 is 1.30 bits per heavy atom. The number of halogens is 2. The predicted octanol–water partition coefficient (Wildman–Crippen LogP) is 3.01. The third kappa shape index (κ3) is 6.71. The van der Waals surface area contributed by atoms with Gasteiger partial charge in [0.25, 0.3) is 11.8 Å². The number of rotatable bonds is 8. The van der Waals surface area contributed by atoms with E-state index in [1.54, 1.807) is 12.3 Å². The van der Waals surface area contributed by atoms with Gasteiger partial charge in [0, 0.05) is 37.1 Å². The van der Waals surface area contributed by atoms with E-state index in [1.807, 2.05) is 6.92 Å². The number of nitrogens with zero attached hydrogens (tertiary/aromatic N) is 1. The van der Waals surface area contributed by atoms with Crippen molar-refractivity contribution in [1.82, 2.24) is 15.6 Å². The molecule has 2 amide bonds. The average Bonchev–Trinajstić information content (AvgIpc) is 2.62. The van der Waals surface area contributed by atoms with Crippen LogP contribution < -0.4 is 15.4 Å². The number of carbonyl (C=O) groups is 2. The number of benzene rings is 1. The number of ether oxygens (including phenoxy) is 1. The molecule has 0 saturated carbocycles. The molecule has 2 rings (SSSR count). The minimum absolute atomic E-state index is 0.0196. The standard InChI is InChI=1S/C19H19ClFN3O3/c1-12-7-14(10-22-9-12)19(26)24-13(2)5-6-23-18(25)11-27-15-3-4-16(20)17(21)8-15/h3-4,7-10H,2,5-6,11H2,1H3,(H,23,25)(H,24,26). The van der Waals surface area contributed by atoms with Gasteiger partial charge in [-0.1, -0.05) is 18.2 Å². The molecule has 0 radical (unpaired) electrons. The molecule has 142 valence electrons. The highest BCUT2D eigenvalue weighted by Crippen LogP contribution is 2.20. The molecule has 0 fully saturated rings. The molecule has 0 atom stereocenters. The van der Waals surface area contributed by atoms with Gasteiger partial charge in [-0.25, -0.2) is 4.39 Å². The lowest BCUT2D eigenvalue weighted by Crippen LogP contribution is -2.31. The van der Waals surface area contributed by atoms with Gasteiger partial charge in [-0.2, -0.15) is 0 Å². The smallest absolute Gasteiger partial charge is 0.257 e. The molecule has 1 aromatic carbocycles. The van der Waals surface area contributed by atoms with Crippen LogP contribution in [-0.4, -0.2) is 29.9 Å². The van der Waals surface area contributed by atoms with E-state index in [-0.39, 0.29) is 35.7 Å². The van der Waals surface area contributed by atoms with E-state index in [1.165, 1.54) is 18.3 Å². The van der Waals surface area contributed by atoms with Gasteiger partial charge in [0.15, 0.2) is 6.61 Å². The maximum Gasteiger partial charge on any atom is 0.257 e. The molecule has 0 aliphatic rings. The topological polar surface area (TPSA) is 80.3 Å². The molecule has 2 aromatic rings. The van der Waals surface area contributed by atoms with Crippen LogP contribution in [0.1, 0.15) is 22.3 Å². The Morgan fingerprint density at radius 3 is 2.78 bits per heavy atom. The van der Waals surface area contributed by atoms with E-state index < -0.39 is 5.82 Å². The Morgan fingerprint density at radius 2 is 2.07 bits per heavy atom. The molecular weight excluding hydrogens is 373 g/mol. The number of hydrogen-bond donors (Lipinski definition) is 2. The maximum atomic E-state index is 13.3. The lowest BCUT2D eigenvalue weighted by atomic mass is 10.2. The first-order valence-electron chi connectivity index (χ1n) is 8.10. The molecular formula is C19H19ClFN3O3. The summed E-state index contributed by atoms with van der Waals surface area (Å²) in [5, 5.41) is 5.26.